The number of likely N-dealkylation sites (tertiary alicyclic amines) is 1. The normalized spacial score (nSPS) is 23.9. The Hall–Kier alpha value is -2.56. The topological polar surface area (TPSA) is 145 Å². The molecule has 3 aliphatic heterocycles. The van der Waals surface area contributed by atoms with Crippen LogP contribution < -0.4 is 45.7 Å². The minimum Gasteiger partial charge on any atom is -0.543 e. The summed E-state index contributed by atoms with van der Waals surface area (Å²) in [4.78, 5) is 50.5. The monoisotopic (exact) mass is 422 g/mol. The van der Waals surface area contributed by atoms with E-state index in [0.29, 0.717) is 18.5 Å². The summed E-state index contributed by atoms with van der Waals surface area (Å²) in [6.45, 7) is 0.262. The molecule has 4 rings (SSSR count). The number of nitrogens with zero attached hydrogens (tertiary/aromatic N) is 2. The van der Waals surface area contributed by atoms with Crippen LogP contribution in [0.4, 0.5) is 9.59 Å². The number of carboxylic acid groups (broad SMARTS) is 1. The van der Waals surface area contributed by atoms with Crippen LogP contribution in [0.25, 0.3) is 0 Å². The van der Waals surface area contributed by atoms with Gasteiger partial charge >= 0.3 is 41.7 Å². The Balaban J connectivity index is 0.00000256. The molecule has 3 atom stereocenters. The number of rotatable bonds is 5. The predicted molar refractivity (Wildman–Crippen MR) is 95.5 cm³/mol. The zero-order chi connectivity index (χ0) is 20.7. The smallest absolute Gasteiger partial charge is 0.543 e. The van der Waals surface area contributed by atoms with Crippen LogP contribution in [0.2, 0.25) is 0 Å². The number of nitrogens with one attached hydrogen (secondary N) is 1. The van der Waals surface area contributed by atoms with Gasteiger partial charge in [0.15, 0.2) is 0 Å². The average Bonchev–Trinajstić information content (AvgIpc) is 3.03. The molecule has 3 N–H and O–H groups in total. The van der Waals surface area contributed by atoms with E-state index in [0.717, 1.165) is 10.5 Å². The third-order valence-corrected chi connectivity index (χ3v) is 5.64. The molecule has 1 unspecified atom stereocenters. The molecule has 10 nitrogen and oxygen atoms in total. The van der Waals surface area contributed by atoms with Crippen molar-refractivity contribution >= 4 is 24.0 Å². The van der Waals surface area contributed by atoms with E-state index in [9.17, 15) is 24.3 Å². The Bertz CT molecular complexity index is 921. The van der Waals surface area contributed by atoms with Crippen LogP contribution in [-0.4, -0.2) is 59.0 Å². The second kappa shape index (κ2) is 8.66. The van der Waals surface area contributed by atoms with E-state index in [1.54, 1.807) is 0 Å². The van der Waals surface area contributed by atoms with Gasteiger partial charge in [-0.2, -0.15) is 0 Å². The van der Waals surface area contributed by atoms with Gasteiger partial charge in [0.2, 0.25) is 0 Å². The van der Waals surface area contributed by atoms with Crippen LogP contribution in [0.5, 0.6) is 0 Å². The zero-order valence-corrected chi connectivity index (χ0v) is 18.4. The number of β-lactam (4-membered cyclic amide) rings is 1. The molecular formula is C19H19N4NaO6. The van der Waals surface area contributed by atoms with Crippen LogP contribution in [0.15, 0.2) is 41.6 Å². The number of primary amides is 1. The maximum atomic E-state index is 12.7. The first-order chi connectivity index (χ1) is 13.9. The Labute approximate surface area is 194 Å². The van der Waals surface area contributed by atoms with Gasteiger partial charge in [0.05, 0.1) is 17.7 Å². The van der Waals surface area contributed by atoms with Gasteiger partial charge in [-0.15, -0.1) is 0 Å². The Morgan fingerprint density at radius 3 is 2.57 bits per heavy atom. The molecule has 2 saturated heterocycles. The maximum Gasteiger partial charge on any atom is 1.00 e. The number of aliphatic carboxylic acids is 1. The fourth-order valence-corrected chi connectivity index (χ4v) is 4.43. The summed E-state index contributed by atoms with van der Waals surface area (Å²) >= 11 is 0. The van der Waals surface area contributed by atoms with Crippen LogP contribution in [-0.2, 0) is 20.9 Å². The van der Waals surface area contributed by atoms with Gasteiger partial charge in [-0.1, -0.05) is 30.3 Å². The van der Waals surface area contributed by atoms with Crippen molar-refractivity contribution in [3.8, 4) is 0 Å². The van der Waals surface area contributed by atoms with E-state index >= 15 is 0 Å². The summed E-state index contributed by atoms with van der Waals surface area (Å²) in [6, 6.07) is 7.70. The summed E-state index contributed by atoms with van der Waals surface area (Å²) in [6.07, 6.45) is -0.608. The van der Waals surface area contributed by atoms with E-state index < -0.39 is 30.1 Å². The summed E-state index contributed by atoms with van der Waals surface area (Å²) < 4.78 is 4.78. The molecule has 2 fully saturated rings. The van der Waals surface area contributed by atoms with Crippen molar-refractivity contribution < 1.29 is 58.6 Å². The number of piperidine rings is 1. The van der Waals surface area contributed by atoms with E-state index in [2.05, 4.69) is 5.32 Å². The van der Waals surface area contributed by atoms with Crippen molar-refractivity contribution in [1.29, 1.82) is 0 Å². The Kier molecular flexibility index (Phi) is 6.39. The molecule has 11 heteroatoms. The number of carboxylic acids is 1. The van der Waals surface area contributed by atoms with Crippen LogP contribution in [0, 0.1) is 5.92 Å². The van der Waals surface area contributed by atoms with E-state index in [1.165, 1.54) is 4.90 Å². The van der Waals surface area contributed by atoms with Crippen molar-refractivity contribution in [2.45, 2.75) is 25.0 Å². The molecule has 30 heavy (non-hydrogen) atoms. The molecule has 4 amide bonds. The van der Waals surface area contributed by atoms with Crippen LogP contribution in [0.3, 0.4) is 0 Å². The first-order valence-corrected chi connectivity index (χ1v) is 9.18. The number of benzene rings is 1. The number of nitrogens with two attached hydrogens (primary N) is 1. The number of carbonyl (C=O) groups excluding carboxylic acids is 4. The summed E-state index contributed by atoms with van der Waals surface area (Å²) in [7, 11) is 0. The molecule has 1 aromatic rings. The molecule has 0 aromatic heterocycles. The average molecular weight is 422 g/mol. The van der Waals surface area contributed by atoms with Gasteiger partial charge in [0, 0.05) is 19.0 Å². The number of amides is 4. The largest absolute Gasteiger partial charge is 1.00 e. The van der Waals surface area contributed by atoms with Crippen LogP contribution >= 0.6 is 0 Å². The van der Waals surface area contributed by atoms with E-state index in [1.807, 2.05) is 30.3 Å². The maximum absolute atomic E-state index is 12.7. The number of hydrogen-bond donors (Lipinski definition) is 2. The predicted octanol–water partition coefficient (Wildman–Crippen LogP) is -4.09. The Morgan fingerprint density at radius 2 is 1.93 bits per heavy atom. The number of carbonyl (C=O) groups is 4. The molecular weight excluding hydrogens is 403 g/mol. The first kappa shape index (κ1) is 22.1. The Morgan fingerprint density at radius 1 is 1.23 bits per heavy atom. The number of ether oxygens (including phenoxy) is 1. The van der Waals surface area contributed by atoms with Gasteiger partial charge in [0.25, 0.3) is 5.91 Å². The third kappa shape index (κ3) is 3.66. The standard InChI is InChI=1S/C19H20N4O6.Na/c20-18(27)29-9-12-11-6-7-22(19(28)21-8-10-4-2-1-3-5-10)15-13(11)23(16(15)24)14(12)17(25)26;/h1-5,11,13,15H,6-9H2,(H2,20,27)(H,21,28)(H,25,26);/q;+1/p-1/t11?,13-,15+;/m1./s1. The third-order valence-electron chi connectivity index (χ3n) is 5.64. The van der Waals surface area contributed by atoms with E-state index in [4.69, 9.17) is 10.5 Å². The first-order valence-electron chi connectivity index (χ1n) is 9.18. The van der Waals surface area contributed by atoms with Crippen LogP contribution in [0.1, 0.15) is 12.0 Å². The summed E-state index contributed by atoms with van der Waals surface area (Å²) in [5.41, 5.74) is 5.93. The second-order valence-electron chi connectivity index (χ2n) is 7.15. The van der Waals surface area contributed by atoms with Crippen molar-refractivity contribution in [2.75, 3.05) is 13.2 Å². The van der Waals surface area contributed by atoms with Crippen molar-refractivity contribution in [3.05, 3.63) is 47.2 Å². The summed E-state index contributed by atoms with van der Waals surface area (Å²) in [5, 5.41) is 14.4. The minimum absolute atomic E-state index is 0. The fraction of sp³-hybridized carbons (Fsp3) is 0.368. The van der Waals surface area contributed by atoms with Gasteiger partial charge in [0.1, 0.15) is 12.6 Å². The molecule has 0 saturated carbocycles. The minimum atomic E-state index is -1.52. The zero-order valence-electron chi connectivity index (χ0n) is 16.4. The fourth-order valence-electron chi connectivity index (χ4n) is 4.43. The quantitative estimate of drug-likeness (QED) is 0.365. The SMILES string of the molecule is NC(=O)OCC1=C(C(=O)[O-])N2C(=O)[C@@H]3[C@H]2C1CCN3C(=O)NCc1ccccc1.[Na+]. The molecule has 0 aliphatic carbocycles. The van der Waals surface area contributed by atoms with Gasteiger partial charge in [-0.05, 0) is 17.6 Å². The molecule has 0 bridgehead atoms. The van der Waals surface area contributed by atoms with Crippen molar-refractivity contribution in [2.24, 2.45) is 11.7 Å². The van der Waals surface area contributed by atoms with Crippen molar-refractivity contribution in [1.82, 2.24) is 15.1 Å². The number of hydrogen-bond acceptors (Lipinski definition) is 6. The van der Waals surface area contributed by atoms with E-state index in [-0.39, 0.29) is 60.4 Å². The van der Waals surface area contributed by atoms with Crippen molar-refractivity contribution in [3.63, 3.8) is 0 Å². The molecule has 1 aromatic carbocycles. The molecule has 3 aliphatic rings. The second-order valence-corrected chi connectivity index (χ2v) is 7.15. The number of urea groups is 1. The summed E-state index contributed by atoms with van der Waals surface area (Å²) in [5.74, 6) is -2.33. The van der Waals surface area contributed by atoms with Gasteiger partial charge in [-0.3, -0.25) is 4.79 Å². The molecule has 152 valence electrons. The molecule has 0 radical (unpaired) electrons. The van der Waals surface area contributed by atoms with Gasteiger partial charge in [-0.25, -0.2) is 9.59 Å². The molecule has 3 heterocycles. The molecule has 0 spiro atoms. The van der Waals surface area contributed by atoms with Gasteiger partial charge < -0.3 is 35.5 Å².